The highest BCUT2D eigenvalue weighted by Crippen LogP contribution is 2.23. The van der Waals surface area contributed by atoms with Gasteiger partial charge in [0.2, 0.25) is 5.82 Å². The van der Waals surface area contributed by atoms with E-state index in [1.54, 1.807) is 28.9 Å². The molecule has 29 heavy (non-hydrogen) atoms. The predicted octanol–water partition coefficient (Wildman–Crippen LogP) is 5.40. The van der Waals surface area contributed by atoms with Crippen LogP contribution < -0.4 is 5.32 Å². The van der Waals surface area contributed by atoms with Crippen LogP contribution in [0.4, 0.5) is 10.1 Å². The van der Waals surface area contributed by atoms with Gasteiger partial charge in [0, 0.05) is 15.7 Å². The summed E-state index contributed by atoms with van der Waals surface area (Å²) in [4.78, 5) is 17.2. The van der Waals surface area contributed by atoms with Crippen LogP contribution in [0, 0.1) is 12.7 Å². The minimum absolute atomic E-state index is 0.0220. The molecule has 1 amide bonds. The van der Waals surface area contributed by atoms with Crippen molar-refractivity contribution in [1.29, 1.82) is 0 Å². The molecule has 0 bridgehead atoms. The molecule has 0 radical (unpaired) electrons. The Labute approximate surface area is 175 Å². The molecule has 4 rings (SSSR count). The van der Waals surface area contributed by atoms with Gasteiger partial charge in [-0.05, 0) is 73.2 Å². The van der Waals surface area contributed by atoms with Gasteiger partial charge in [-0.1, -0.05) is 28.1 Å². The number of benzene rings is 3. The van der Waals surface area contributed by atoms with Gasteiger partial charge in [0.05, 0.1) is 5.69 Å². The molecule has 4 aromatic rings. The van der Waals surface area contributed by atoms with Crippen LogP contribution in [-0.4, -0.2) is 20.7 Å². The second-order valence-corrected chi connectivity index (χ2v) is 7.39. The number of nitrogens with zero attached hydrogens (tertiary/aromatic N) is 3. The third kappa shape index (κ3) is 4.25. The number of rotatable bonds is 4. The summed E-state index contributed by atoms with van der Waals surface area (Å²) in [7, 11) is 0. The van der Waals surface area contributed by atoms with E-state index in [0.717, 1.165) is 15.7 Å². The third-order valence-corrected chi connectivity index (χ3v) is 4.79. The average molecular weight is 451 g/mol. The quantitative estimate of drug-likeness (QED) is 0.452. The lowest BCUT2D eigenvalue weighted by atomic mass is 10.2. The van der Waals surface area contributed by atoms with Crippen molar-refractivity contribution < 1.29 is 9.18 Å². The lowest BCUT2D eigenvalue weighted by molar-refractivity contribution is 0.101. The SMILES string of the molecule is Cc1cccc(-n2nc(C(=O)Nc3ccc(Br)cc3)nc2-c2ccc(F)cc2)c1. The summed E-state index contributed by atoms with van der Waals surface area (Å²) in [6.45, 7) is 1.97. The van der Waals surface area contributed by atoms with Gasteiger partial charge < -0.3 is 5.32 Å². The first-order chi connectivity index (χ1) is 14.0. The van der Waals surface area contributed by atoms with E-state index in [1.165, 1.54) is 12.1 Å². The molecular formula is C22H16BrFN4O. The van der Waals surface area contributed by atoms with Gasteiger partial charge in [0.1, 0.15) is 5.82 Å². The Morgan fingerprint density at radius 3 is 2.45 bits per heavy atom. The Morgan fingerprint density at radius 1 is 1.03 bits per heavy atom. The van der Waals surface area contributed by atoms with Gasteiger partial charge in [-0.25, -0.2) is 14.1 Å². The number of carbonyl (C=O) groups is 1. The molecule has 0 aliphatic carbocycles. The van der Waals surface area contributed by atoms with E-state index in [9.17, 15) is 9.18 Å². The number of anilines is 1. The summed E-state index contributed by atoms with van der Waals surface area (Å²) in [6.07, 6.45) is 0. The van der Waals surface area contributed by atoms with Crippen LogP contribution in [-0.2, 0) is 0 Å². The molecule has 0 saturated heterocycles. The number of amides is 1. The zero-order valence-electron chi connectivity index (χ0n) is 15.4. The lowest BCUT2D eigenvalue weighted by Crippen LogP contribution is -2.14. The fourth-order valence-corrected chi connectivity index (χ4v) is 3.12. The van der Waals surface area contributed by atoms with Crippen LogP contribution in [0.3, 0.4) is 0 Å². The molecule has 0 aliphatic heterocycles. The van der Waals surface area contributed by atoms with Gasteiger partial charge in [0.25, 0.3) is 5.91 Å². The standard InChI is InChI=1S/C22H16BrFN4O/c1-14-3-2-4-19(13-14)28-21(15-5-9-17(24)10-6-15)26-20(27-28)22(29)25-18-11-7-16(23)8-12-18/h2-13H,1H3,(H,25,29). The van der Waals surface area contributed by atoms with Crippen molar-refractivity contribution in [2.24, 2.45) is 0 Å². The number of carbonyl (C=O) groups excluding carboxylic acids is 1. The van der Waals surface area contributed by atoms with E-state index in [4.69, 9.17) is 0 Å². The van der Waals surface area contributed by atoms with Crippen molar-refractivity contribution >= 4 is 27.5 Å². The summed E-state index contributed by atoms with van der Waals surface area (Å²) in [5, 5.41) is 7.22. The van der Waals surface area contributed by atoms with Crippen LogP contribution in [0.1, 0.15) is 16.2 Å². The molecule has 144 valence electrons. The Kier molecular flexibility index (Phi) is 5.22. The number of aryl methyl sites for hydroxylation is 1. The fraction of sp³-hybridized carbons (Fsp3) is 0.0455. The largest absolute Gasteiger partial charge is 0.319 e. The minimum Gasteiger partial charge on any atom is -0.319 e. The summed E-state index contributed by atoms with van der Waals surface area (Å²) in [5.41, 5.74) is 3.10. The van der Waals surface area contributed by atoms with E-state index < -0.39 is 5.91 Å². The Hall–Kier alpha value is -3.32. The number of aromatic nitrogens is 3. The Balaban J connectivity index is 1.75. The maximum Gasteiger partial charge on any atom is 0.295 e. The van der Waals surface area contributed by atoms with Crippen molar-refractivity contribution in [1.82, 2.24) is 14.8 Å². The summed E-state index contributed by atoms with van der Waals surface area (Å²) >= 11 is 3.36. The molecule has 1 heterocycles. The second kappa shape index (κ2) is 7.97. The van der Waals surface area contributed by atoms with Gasteiger partial charge in [-0.2, -0.15) is 0 Å². The van der Waals surface area contributed by atoms with Crippen molar-refractivity contribution in [3.8, 4) is 17.1 Å². The second-order valence-electron chi connectivity index (χ2n) is 6.48. The first-order valence-electron chi connectivity index (χ1n) is 8.86. The maximum absolute atomic E-state index is 13.4. The van der Waals surface area contributed by atoms with Crippen molar-refractivity contribution in [3.05, 3.63) is 94.5 Å². The van der Waals surface area contributed by atoms with E-state index in [1.807, 2.05) is 43.3 Å². The highest BCUT2D eigenvalue weighted by Gasteiger charge is 2.19. The lowest BCUT2D eigenvalue weighted by Gasteiger charge is -2.06. The normalized spacial score (nSPS) is 10.7. The summed E-state index contributed by atoms with van der Waals surface area (Å²) in [6, 6.07) is 20.9. The highest BCUT2D eigenvalue weighted by atomic mass is 79.9. The highest BCUT2D eigenvalue weighted by molar-refractivity contribution is 9.10. The molecule has 0 spiro atoms. The Bertz CT molecular complexity index is 1170. The first-order valence-corrected chi connectivity index (χ1v) is 9.66. The molecule has 0 fully saturated rings. The molecule has 0 aliphatic rings. The maximum atomic E-state index is 13.4. The smallest absolute Gasteiger partial charge is 0.295 e. The number of hydrogen-bond donors (Lipinski definition) is 1. The third-order valence-electron chi connectivity index (χ3n) is 4.26. The minimum atomic E-state index is -0.429. The molecule has 0 saturated carbocycles. The average Bonchev–Trinajstić information content (AvgIpc) is 3.16. The van der Waals surface area contributed by atoms with Crippen molar-refractivity contribution in [2.45, 2.75) is 6.92 Å². The zero-order valence-corrected chi connectivity index (χ0v) is 17.0. The fourth-order valence-electron chi connectivity index (χ4n) is 2.85. The first kappa shape index (κ1) is 19.0. The molecule has 3 aromatic carbocycles. The number of halogens is 2. The predicted molar refractivity (Wildman–Crippen MR) is 114 cm³/mol. The molecule has 1 N–H and O–H groups in total. The van der Waals surface area contributed by atoms with Gasteiger partial charge in [-0.15, -0.1) is 5.10 Å². The molecular weight excluding hydrogens is 435 g/mol. The van der Waals surface area contributed by atoms with Gasteiger partial charge in [0.15, 0.2) is 5.82 Å². The molecule has 0 atom stereocenters. The van der Waals surface area contributed by atoms with Crippen LogP contribution in [0.25, 0.3) is 17.1 Å². The van der Waals surface area contributed by atoms with Crippen molar-refractivity contribution in [3.63, 3.8) is 0 Å². The van der Waals surface area contributed by atoms with E-state index in [0.29, 0.717) is 17.1 Å². The van der Waals surface area contributed by atoms with Crippen molar-refractivity contribution in [2.75, 3.05) is 5.32 Å². The van der Waals surface area contributed by atoms with Crippen LogP contribution in [0.5, 0.6) is 0 Å². The van der Waals surface area contributed by atoms with E-state index >= 15 is 0 Å². The topological polar surface area (TPSA) is 59.8 Å². The number of hydrogen-bond acceptors (Lipinski definition) is 3. The Morgan fingerprint density at radius 2 is 1.76 bits per heavy atom. The van der Waals surface area contributed by atoms with Gasteiger partial charge >= 0.3 is 0 Å². The van der Waals surface area contributed by atoms with Crippen LogP contribution in [0.2, 0.25) is 0 Å². The molecule has 7 heteroatoms. The van der Waals surface area contributed by atoms with Crippen LogP contribution in [0.15, 0.2) is 77.3 Å². The molecule has 5 nitrogen and oxygen atoms in total. The van der Waals surface area contributed by atoms with E-state index in [2.05, 4.69) is 31.3 Å². The summed E-state index contributed by atoms with van der Waals surface area (Å²) < 4.78 is 15.9. The summed E-state index contributed by atoms with van der Waals surface area (Å²) in [5.74, 6) is -0.295. The van der Waals surface area contributed by atoms with E-state index in [-0.39, 0.29) is 11.6 Å². The van der Waals surface area contributed by atoms with Crippen LogP contribution >= 0.6 is 15.9 Å². The zero-order chi connectivity index (χ0) is 20.4. The number of nitrogens with one attached hydrogen (secondary N) is 1. The van der Waals surface area contributed by atoms with Gasteiger partial charge in [-0.3, -0.25) is 4.79 Å². The molecule has 0 unspecified atom stereocenters. The molecule has 1 aromatic heterocycles. The monoisotopic (exact) mass is 450 g/mol.